The summed E-state index contributed by atoms with van der Waals surface area (Å²) in [6.07, 6.45) is -1.24. The second-order valence-electron chi connectivity index (χ2n) is 10.4. The molecule has 0 unspecified atom stereocenters. The Kier molecular flexibility index (Phi) is 9.19. The van der Waals surface area contributed by atoms with Crippen LogP contribution in [0.3, 0.4) is 0 Å². The van der Waals surface area contributed by atoms with Crippen molar-refractivity contribution in [3.63, 3.8) is 0 Å². The first-order valence-corrected chi connectivity index (χ1v) is 13.7. The van der Waals surface area contributed by atoms with Crippen molar-refractivity contribution in [2.24, 2.45) is 5.73 Å². The molecule has 3 aromatic heterocycles. The molecule has 17 heteroatoms. The molecule has 1 fully saturated rings. The van der Waals surface area contributed by atoms with Crippen LogP contribution in [0.1, 0.15) is 18.4 Å². The number of piperidine rings is 1. The maximum atomic E-state index is 15.1. The highest BCUT2D eigenvalue weighted by Crippen LogP contribution is 2.35. The minimum absolute atomic E-state index is 0.0716. The van der Waals surface area contributed by atoms with Gasteiger partial charge in [0.2, 0.25) is 0 Å². The van der Waals surface area contributed by atoms with Gasteiger partial charge in [-0.2, -0.15) is 0 Å². The minimum Gasteiger partial charge on any atom is -0.494 e. The first kappa shape index (κ1) is 31.6. The number of nitrogens with one attached hydrogen (secondary N) is 1. The van der Waals surface area contributed by atoms with Gasteiger partial charge >= 0.3 is 6.16 Å². The van der Waals surface area contributed by atoms with E-state index < -0.39 is 35.9 Å². The standard InChI is InChI=1S/C28H30F4N8O5/c1-43-21-8-17(29)16(7-18(21)30)19-6-15(20(9-34-19)39-5-3-4-28(33,11-39)23(41)24(31)32)10-40-13-37-22-25(35-12-36-26(22)40)38-14-45-27(42)44-2/h6-9,12-13,23-24,41H,3-5,10-11,14,33H2,1-2H3,(H,35,36,38)/t23-,28-/m1/s1. The summed E-state index contributed by atoms with van der Waals surface area (Å²) in [6, 6.07) is 3.43. The van der Waals surface area contributed by atoms with Crippen LogP contribution < -0.4 is 20.7 Å². The second-order valence-corrected chi connectivity index (χ2v) is 10.4. The smallest absolute Gasteiger partial charge is 0.494 e. The van der Waals surface area contributed by atoms with Crippen LogP contribution in [-0.2, 0) is 16.0 Å². The van der Waals surface area contributed by atoms with Gasteiger partial charge in [0.15, 0.2) is 35.3 Å². The third-order valence-electron chi connectivity index (χ3n) is 7.55. The van der Waals surface area contributed by atoms with E-state index in [0.29, 0.717) is 35.4 Å². The number of aromatic nitrogens is 5. The Bertz CT molecular complexity index is 1690. The lowest BCUT2D eigenvalue weighted by Gasteiger charge is -2.44. The lowest BCUT2D eigenvalue weighted by molar-refractivity contribution is -0.0529. The van der Waals surface area contributed by atoms with Crippen molar-refractivity contribution in [1.82, 2.24) is 24.5 Å². The van der Waals surface area contributed by atoms with Crippen molar-refractivity contribution in [2.75, 3.05) is 44.3 Å². The summed E-state index contributed by atoms with van der Waals surface area (Å²) in [7, 11) is 2.39. The molecular formula is C28H30F4N8O5. The van der Waals surface area contributed by atoms with Crippen LogP contribution in [0.15, 0.2) is 37.1 Å². The number of nitrogens with two attached hydrogens (primary N) is 1. The third kappa shape index (κ3) is 6.53. The zero-order valence-corrected chi connectivity index (χ0v) is 24.2. The topological polar surface area (TPSA) is 163 Å². The lowest BCUT2D eigenvalue weighted by atomic mass is 9.84. The molecule has 1 aliphatic heterocycles. The molecule has 2 atom stereocenters. The summed E-state index contributed by atoms with van der Waals surface area (Å²) >= 11 is 0. The highest BCUT2D eigenvalue weighted by Gasteiger charge is 2.43. The van der Waals surface area contributed by atoms with Crippen molar-refractivity contribution in [3.05, 3.63) is 54.2 Å². The second kappa shape index (κ2) is 13.1. The van der Waals surface area contributed by atoms with Gasteiger partial charge in [-0.15, -0.1) is 0 Å². The molecule has 4 heterocycles. The van der Waals surface area contributed by atoms with Gasteiger partial charge in [0, 0.05) is 24.7 Å². The number of anilines is 2. The predicted octanol–water partition coefficient (Wildman–Crippen LogP) is 3.30. The maximum Gasteiger partial charge on any atom is 0.509 e. The molecule has 1 aliphatic rings. The number of hydrogen-bond donors (Lipinski definition) is 3. The number of carbonyl (C=O) groups excluding carboxylic acids is 1. The summed E-state index contributed by atoms with van der Waals surface area (Å²) in [5.41, 5.74) is 6.36. The van der Waals surface area contributed by atoms with E-state index in [4.69, 9.17) is 15.2 Å². The minimum atomic E-state index is -3.04. The Morgan fingerprint density at radius 3 is 2.69 bits per heavy atom. The van der Waals surface area contributed by atoms with E-state index in [1.807, 2.05) is 0 Å². The zero-order chi connectivity index (χ0) is 32.3. The Morgan fingerprint density at radius 2 is 1.96 bits per heavy atom. The van der Waals surface area contributed by atoms with E-state index in [1.54, 1.807) is 15.5 Å². The summed E-state index contributed by atoms with van der Waals surface area (Å²) in [4.78, 5) is 30.2. The van der Waals surface area contributed by atoms with E-state index in [0.717, 1.165) is 12.1 Å². The zero-order valence-electron chi connectivity index (χ0n) is 24.2. The average molecular weight is 635 g/mol. The van der Waals surface area contributed by atoms with E-state index in [9.17, 15) is 23.1 Å². The number of ether oxygens (including phenoxy) is 3. The fourth-order valence-electron chi connectivity index (χ4n) is 5.27. The van der Waals surface area contributed by atoms with Gasteiger partial charge in [-0.1, -0.05) is 0 Å². The summed E-state index contributed by atoms with van der Waals surface area (Å²) in [5.74, 6) is -1.58. The number of imidazole rings is 1. The number of halogens is 4. The molecule has 0 saturated carbocycles. The molecule has 4 N–H and O–H groups in total. The molecule has 0 spiro atoms. The molecular weight excluding hydrogens is 604 g/mol. The number of pyridine rings is 1. The van der Waals surface area contributed by atoms with Gasteiger partial charge in [-0.05, 0) is 30.5 Å². The molecule has 0 bridgehead atoms. The van der Waals surface area contributed by atoms with Gasteiger partial charge in [-0.3, -0.25) is 4.98 Å². The molecule has 0 amide bonds. The molecule has 0 aliphatic carbocycles. The number of methoxy groups -OCH3 is 2. The van der Waals surface area contributed by atoms with Crippen molar-refractivity contribution in [3.8, 4) is 17.0 Å². The summed E-state index contributed by atoms with van der Waals surface area (Å²) < 4.78 is 72.5. The Balaban J connectivity index is 1.54. The summed E-state index contributed by atoms with van der Waals surface area (Å²) in [6.45, 7) is 0.116. The fourth-order valence-corrected chi connectivity index (χ4v) is 5.27. The Labute approximate surface area is 254 Å². The van der Waals surface area contributed by atoms with Gasteiger partial charge in [0.25, 0.3) is 6.43 Å². The van der Waals surface area contributed by atoms with Gasteiger partial charge < -0.3 is 39.8 Å². The highest BCUT2D eigenvalue weighted by molar-refractivity contribution is 5.82. The monoisotopic (exact) mass is 634 g/mol. The molecule has 45 heavy (non-hydrogen) atoms. The molecule has 0 radical (unpaired) electrons. The van der Waals surface area contributed by atoms with Gasteiger partial charge in [-0.25, -0.2) is 37.3 Å². The normalized spacial score (nSPS) is 17.4. The Hall–Kier alpha value is -4.77. The highest BCUT2D eigenvalue weighted by atomic mass is 19.3. The van der Waals surface area contributed by atoms with Crippen LogP contribution in [-0.4, -0.2) is 87.9 Å². The number of aliphatic hydroxyl groups excluding tert-OH is 1. The van der Waals surface area contributed by atoms with Crippen molar-refractivity contribution >= 4 is 28.8 Å². The predicted molar refractivity (Wildman–Crippen MR) is 153 cm³/mol. The SMILES string of the molecule is COC(=O)OCNc1ncnc2c1ncn2Cc1cc(-c2cc(F)c(OC)cc2F)ncc1N1CCC[C@](N)([C@H](O)C(F)F)C1. The van der Waals surface area contributed by atoms with Crippen LogP contribution in [0.2, 0.25) is 0 Å². The van der Waals surface area contributed by atoms with Crippen molar-refractivity contribution in [2.45, 2.75) is 37.5 Å². The molecule has 1 saturated heterocycles. The first-order chi connectivity index (χ1) is 21.5. The number of rotatable bonds is 10. The van der Waals surface area contributed by atoms with E-state index in [2.05, 4.69) is 30.0 Å². The van der Waals surface area contributed by atoms with Crippen molar-refractivity contribution in [1.29, 1.82) is 0 Å². The summed E-state index contributed by atoms with van der Waals surface area (Å²) in [5, 5.41) is 13.0. The van der Waals surface area contributed by atoms with E-state index in [1.165, 1.54) is 33.1 Å². The first-order valence-electron chi connectivity index (χ1n) is 13.7. The number of carbonyl (C=O) groups is 1. The Morgan fingerprint density at radius 1 is 1.16 bits per heavy atom. The average Bonchev–Trinajstić information content (AvgIpc) is 3.44. The van der Waals surface area contributed by atoms with Crippen LogP contribution in [0, 0.1) is 11.6 Å². The molecule has 13 nitrogen and oxygen atoms in total. The van der Waals surface area contributed by atoms with E-state index >= 15 is 4.39 Å². The number of nitrogens with zero attached hydrogens (tertiary/aromatic N) is 6. The van der Waals surface area contributed by atoms with Crippen LogP contribution in [0.4, 0.5) is 33.9 Å². The van der Waals surface area contributed by atoms with Gasteiger partial charge in [0.05, 0.1) is 50.2 Å². The van der Waals surface area contributed by atoms with Crippen molar-refractivity contribution < 1.29 is 41.7 Å². The molecule has 1 aromatic carbocycles. The van der Waals surface area contributed by atoms with Crippen LogP contribution in [0.25, 0.3) is 22.4 Å². The number of hydrogen-bond acceptors (Lipinski definition) is 12. The lowest BCUT2D eigenvalue weighted by Crippen LogP contribution is -2.63. The van der Waals surface area contributed by atoms with Crippen LogP contribution >= 0.6 is 0 Å². The molecule has 240 valence electrons. The number of benzene rings is 1. The third-order valence-corrected chi connectivity index (χ3v) is 7.55. The number of alkyl halides is 2. The van der Waals surface area contributed by atoms with E-state index in [-0.39, 0.29) is 49.1 Å². The number of aliphatic hydroxyl groups is 1. The molecule has 4 aromatic rings. The fraction of sp³-hybridized carbons (Fsp3) is 0.393. The maximum absolute atomic E-state index is 15.1. The largest absolute Gasteiger partial charge is 0.509 e. The quantitative estimate of drug-likeness (QED) is 0.133. The van der Waals surface area contributed by atoms with Crippen LogP contribution in [0.5, 0.6) is 5.75 Å². The number of fused-ring (bicyclic) bond motifs is 1. The molecule has 5 rings (SSSR count). The van der Waals surface area contributed by atoms with Gasteiger partial charge in [0.1, 0.15) is 18.2 Å².